The molecule has 3 heterocycles. The highest BCUT2D eigenvalue weighted by molar-refractivity contribution is 5.87. The van der Waals surface area contributed by atoms with E-state index in [2.05, 4.69) is 4.98 Å². The Morgan fingerprint density at radius 1 is 1.38 bits per heavy atom. The number of carbonyl (C=O) groups excluding carboxylic acids is 1. The Labute approximate surface area is 141 Å². The number of hydrogen-bond acceptors (Lipinski definition) is 4. The van der Waals surface area contributed by atoms with E-state index in [1.165, 1.54) is 0 Å². The second kappa shape index (κ2) is 6.08. The molecular weight excluding hydrogens is 311 g/mol. The Hall–Kier alpha value is -1.53. The summed E-state index contributed by atoms with van der Waals surface area (Å²) in [5, 5.41) is 0. The van der Waals surface area contributed by atoms with Crippen molar-refractivity contribution >= 4 is 5.91 Å². The molecule has 1 aromatic heterocycles. The van der Waals surface area contributed by atoms with Gasteiger partial charge in [-0.15, -0.1) is 0 Å². The van der Waals surface area contributed by atoms with E-state index in [1.54, 1.807) is 17.3 Å². The van der Waals surface area contributed by atoms with Crippen LogP contribution in [0.25, 0.3) is 0 Å². The Balaban J connectivity index is 1.29. The van der Waals surface area contributed by atoms with E-state index in [9.17, 15) is 9.18 Å². The van der Waals surface area contributed by atoms with Crippen molar-refractivity contribution in [2.45, 2.75) is 43.6 Å². The molecule has 0 aromatic carbocycles. The van der Waals surface area contributed by atoms with Crippen LogP contribution in [0.2, 0.25) is 0 Å². The molecule has 2 aliphatic heterocycles. The molecule has 1 saturated carbocycles. The number of aromatic nitrogens is 1. The average molecular weight is 334 g/mol. The maximum Gasteiger partial charge on any atom is 0.260 e. The molecule has 0 unspecified atom stereocenters. The van der Waals surface area contributed by atoms with Crippen LogP contribution in [-0.4, -0.2) is 53.4 Å². The van der Waals surface area contributed by atoms with Crippen LogP contribution in [0, 0.1) is 5.92 Å². The van der Waals surface area contributed by atoms with Crippen molar-refractivity contribution in [3.05, 3.63) is 30.1 Å². The summed E-state index contributed by atoms with van der Waals surface area (Å²) in [4.78, 5) is 17.8. The summed E-state index contributed by atoms with van der Waals surface area (Å²) >= 11 is 0. The highest BCUT2D eigenvalue weighted by Crippen LogP contribution is 2.44. The molecule has 1 amide bonds. The van der Waals surface area contributed by atoms with Crippen molar-refractivity contribution in [2.24, 2.45) is 5.92 Å². The first-order valence-corrected chi connectivity index (χ1v) is 8.70. The van der Waals surface area contributed by atoms with Crippen molar-refractivity contribution in [3.63, 3.8) is 0 Å². The third kappa shape index (κ3) is 2.71. The van der Waals surface area contributed by atoms with Gasteiger partial charge in [-0.25, -0.2) is 4.39 Å². The number of likely N-dealkylation sites (tertiary alicyclic amines) is 1. The number of alkyl halides is 1. The monoisotopic (exact) mass is 334 g/mol. The molecule has 4 rings (SSSR count). The van der Waals surface area contributed by atoms with Gasteiger partial charge in [0.25, 0.3) is 5.91 Å². The highest BCUT2D eigenvalue weighted by Gasteiger charge is 2.58. The Bertz CT molecular complexity index is 600. The van der Waals surface area contributed by atoms with Crippen LogP contribution in [0.5, 0.6) is 0 Å². The minimum absolute atomic E-state index is 0.264. The summed E-state index contributed by atoms with van der Waals surface area (Å²) in [5.74, 6) is -0.0772. The van der Waals surface area contributed by atoms with Crippen LogP contribution in [0.3, 0.4) is 0 Å². The summed E-state index contributed by atoms with van der Waals surface area (Å²) in [7, 11) is 0. The fourth-order valence-electron chi connectivity index (χ4n) is 3.90. The highest BCUT2D eigenvalue weighted by atomic mass is 19.1. The predicted molar refractivity (Wildman–Crippen MR) is 85.0 cm³/mol. The smallest absolute Gasteiger partial charge is 0.260 e. The lowest BCUT2D eigenvalue weighted by Crippen LogP contribution is -2.69. The Kier molecular flexibility index (Phi) is 4.04. The molecule has 130 valence electrons. The van der Waals surface area contributed by atoms with Crippen LogP contribution in [0.1, 0.15) is 31.2 Å². The third-order valence-electron chi connectivity index (χ3n) is 5.67. The lowest BCUT2D eigenvalue weighted by molar-refractivity contribution is -0.183. The summed E-state index contributed by atoms with van der Waals surface area (Å²) in [6, 6.07) is 3.87. The standard InChI is InChI=1S/C18H23FN2O3/c19-17(5-1-6-17)16(22)21-12-18(13-21)15(4-9-24-18)11-23-10-14-2-7-20-8-3-14/h2-3,7-8,15H,1,4-6,9-13H2/t15-/m1/s1. The molecule has 6 heteroatoms. The van der Waals surface area contributed by atoms with Crippen molar-refractivity contribution in [1.82, 2.24) is 9.88 Å². The molecule has 2 saturated heterocycles. The van der Waals surface area contributed by atoms with Crippen LogP contribution < -0.4 is 0 Å². The number of rotatable bonds is 5. The van der Waals surface area contributed by atoms with E-state index in [1.807, 2.05) is 12.1 Å². The molecule has 1 aromatic rings. The van der Waals surface area contributed by atoms with Gasteiger partial charge in [0.15, 0.2) is 5.67 Å². The van der Waals surface area contributed by atoms with Crippen molar-refractivity contribution in [1.29, 1.82) is 0 Å². The zero-order chi connectivity index (χ0) is 16.6. The van der Waals surface area contributed by atoms with Crippen LogP contribution in [-0.2, 0) is 20.9 Å². The zero-order valence-electron chi connectivity index (χ0n) is 13.7. The maximum atomic E-state index is 14.3. The molecular formula is C18H23FN2O3. The van der Waals surface area contributed by atoms with Crippen molar-refractivity contribution in [2.75, 3.05) is 26.3 Å². The molecule has 1 spiro atoms. The first kappa shape index (κ1) is 16.0. The Morgan fingerprint density at radius 3 is 2.79 bits per heavy atom. The molecule has 1 aliphatic carbocycles. The van der Waals surface area contributed by atoms with Gasteiger partial charge in [-0.05, 0) is 43.4 Å². The van der Waals surface area contributed by atoms with E-state index in [4.69, 9.17) is 9.47 Å². The second-order valence-electron chi connectivity index (χ2n) is 7.25. The lowest BCUT2D eigenvalue weighted by Gasteiger charge is -2.52. The molecule has 0 N–H and O–H groups in total. The number of ether oxygens (including phenoxy) is 2. The molecule has 3 fully saturated rings. The summed E-state index contributed by atoms with van der Waals surface area (Å²) < 4.78 is 26.0. The van der Waals surface area contributed by atoms with E-state index >= 15 is 0 Å². The quantitative estimate of drug-likeness (QED) is 0.828. The van der Waals surface area contributed by atoms with Crippen LogP contribution in [0.4, 0.5) is 4.39 Å². The fraction of sp³-hybridized carbons (Fsp3) is 0.667. The topological polar surface area (TPSA) is 51.7 Å². The molecule has 3 aliphatic rings. The zero-order valence-corrected chi connectivity index (χ0v) is 13.7. The van der Waals surface area contributed by atoms with Gasteiger partial charge in [0.05, 0.1) is 26.3 Å². The lowest BCUT2D eigenvalue weighted by atomic mass is 9.76. The van der Waals surface area contributed by atoms with Gasteiger partial charge in [-0.1, -0.05) is 0 Å². The molecule has 1 atom stereocenters. The van der Waals surface area contributed by atoms with Gasteiger partial charge in [0.1, 0.15) is 5.60 Å². The van der Waals surface area contributed by atoms with Crippen LogP contribution in [0.15, 0.2) is 24.5 Å². The van der Waals surface area contributed by atoms with Gasteiger partial charge in [0.2, 0.25) is 0 Å². The van der Waals surface area contributed by atoms with E-state index < -0.39 is 5.67 Å². The van der Waals surface area contributed by atoms with Gasteiger partial charge < -0.3 is 14.4 Å². The maximum absolute atomic E-state index is 14.3. The summed E-state index contributed by atoms with van der Waals surface area (Å²) in [6.07, 6.45) is 5.98. The second-order valence-corrected chi connectivity index (χ2v) is 7.25. The summed E-state index contributed by atoms with van der Waals surface area (Å²) in [6.45, 7) is 2.84. The van der Waals surface area contributed by atoms with Crippen LogP contribution >= 0.6 is 0 Å². The van der Waals surface area contributed by atoms with Gasteiger partial charge in [-0.2, -0.15) is 0 Å². The minimum atomic E-state index is -1.60. The third-order valence-corrected chi connectivity index (χ3v) is 5.67. The number of hydrogen-bond donors (Lipinski definition) is 0. The van der Waals surface area contributed by atoms with E-state index in [0.717, 1.165) is 18.4 Å². The number of halogens is 1. The SMILES string of the molecule is O=C(N1CC2(C1)OCC[C@@H]2COCc1ccncc1)C1(F)CCC1. The number of pyridine rings is 1. The number of amides is 1. The first-order chi connectivity index (χ1) is 11.6. The molecule has 0 bridgehead atoms. The van der Waals surface area contributed by atoms with Gasteiger partial charge in [-0.3, -0.25) is 9.78 Å². The number of nitrogens with zero attached hydrogens (tertiary/aromatic N) is 2. The summed E-state index contributed by atoms with van der Waals surface area (Å²) in [5.41, 5.74) is -0.839. The first-order valence-electron chi connectivity index (χ1n) is 8.70. The Morgan fingerprint density at radius 2 is 2.12 bits per heavy atom. The normalized spacial score (nSPS) is 26.9. The molecule has 0 radical (unpaired) electrons. The predicted octanol–water partition coefficient (Wildman–Crippen LogP) is 2.11. The van der Waals surface area contributed by atoms with Gasteiger partial charge >= 0.3 is 0 Å². The molecule has 5 nitrogen and oxygen atoms in total. The van der Waals surface area contributed by atoms with E-state index in [0.29, 0.717) is 45.8 Å². The van der Waals surface area contributed by atoms with Crippen molar-refractivity contribution in [3.8, 4) is 0 Å². The fourth-order valence-corrected chi connectivity index (χ4v) is 3.90. The average Bonchev–Trinajstić information content (AvgIpc) is 2.95. The molecule has 24 heavy (non-hydrogen) atoms. The van der Waals surface area contributed by atoms with Gasteiger partial charge in [0, 0.05) is 24.9 Å². The van der Waals surface area contributed by atoms with Crippen molar-refractivity contribution < 1.29 is 18.7 Å². The number of carbonyl (C=O) groups is 1. The largest absolute Gasteiger partial charge is 0.376 e. The van der Waals surface area contributed by atoms with E-state index in [-0.39, 0.29) is 17.4 Å². The minimum Gasteiger partial charge on any atom is -0.376 e.